The Balaban J connectivity index is 1.80. The van der Waals surface area contributed by atoms with Gasteiger partial charge in [-0.15, -0.1) is 0 Å². The molecule has 110 valence electrons. The second-order valence-electron chi connectivity index (χ2n) is 6.79. The first-order valence-electron chi connectivity index (χ1n) is 8.28. The quantitative estimate of drug-likeness (QED) is 0.646. The Morgan fingerprint density at radius 3 is 1.68 bits per heavy atom. The van der Waals surface area contributed by atoms with E-state index in [1.165, 1.54) is 28.7 Å². The Labute approximate surface area is 133 Å². The smallest absolute Gasteiger partial charge is 0.00898 e. The lowest BCUT2D eigenvalue weighted by Gasteiger charge is -2.40. The lowest BCUT2D eigenvalue weighted by atomic mass is 9.63. The molecule has 2 unspecified atom stereocenters. The summed E-state index contributed by atoms with van der Waals surface area (Å²) < 4.78 is 0. The summed E-state index contributed by atoms with van der Waals surface area (Å²) in [4.78, 5) is 0. The molecule has 0 heterocycles. The van der Waals surface area contributed by atoms with Crippen molar-refractivity contribution in [2.75, 3.05) is 0 Å². The first-order chi connectivity index (χ1) is 10.7. The number of allylic oxidation sites excluding steroid dienone is 2. The van der Waals surface area contributed by atoms with E-state index < -0.39 is 0 Å². The van der Waals surface area contributed by atoms with Crippen LogP contribution >= 0.6 is 0 Å². The number of hydrogen-bond acceptors (Lipinski definition) is 0. The molecule has 0 nitrogen and oxygen atoms in total. The van der Waals surface area contributed by atoms with Crippen LogP contribution in [0.15, 0.2) is 60.7 Å². The molecule has 0 fully saturated rings. The van der Waals surface area contributed by atoms with Crippen LogP contribution in [0.2, 0.25) is 0 Å². The third kappa shape index (κ3) is 1.83. The van der Waals surface area contributed by atoms with Crippen molar-refractivity contribution in [1.82, 2.24) is 0 Å². The van der Waals surface area contributed by atoms with Gasteiger partial charge in [0.15, 0.2) is 0 Å². The molecule has 0 aromatic heterocycles. The summed E-state index contributed by atoms with van der Waals surface area (Å²) in [5.74, 6) is 0.990. The second kappa shape index (κ2) is 4.98. The van der Waals surface area contributed by atoms with Crippen LogP contribution in [0.3, 0.4) is 0 Å². The normalized spacial score (nSPS) is 24.1. The molecule has 22 heavy (non-hydrogen) atoms. The maximum absolute atomic E-state index is 2.46. The average Bonchev–Trinajstić information content (AvgIpc) is 3.19. The molecule has 0 heteroatoms. The fourth-order valence-electron chi connectivity index (χ4n) is 4.28. The van der Waals surface area contributed by atoms with E-state index in [2.05, 4.69) is 86.7 Å². The number of hydrogen-bond donors (Lipinski definition) is 0. The highest BCUT2D eigenvalue weighted by Gasteiger charge is 2.42. The molecule has 0 bridgehead atoms. The Morgan fingerprint density at radius 1 is 0.773 bits per heavy atom. The minimum atomic E-state index is 0.214. The average molecular weight is 286 g/mol. The van der Waals surface area contributed by atoms with Gasteiger partial charge in [-0.2, -0.15) is 0 Å². The molecule has 0 radical (unpaired) electrons. The molecular weight excluding hydrogens is 264 g/mol. The van der Waals surface area contributed by atoms with Gasteiger partial charge in [-0.3, -0.25) is 0 Å². The van der Waals surface area contributed by atoms with Gasteiger partial charge in [-0.1, -0.05) is 86.7 Å². The number of fused-ring (bicyclic) bond motifs is 2. The summed E-state index contributed by atoms with van der Waals surface area (Å²) in [5, 5.41) is 0. The Hall–Kier alpha value is -2.08. The van der Waals surface area contributed by atoms with Crippen LogP contribution in [0.1, 0.15) is 54.4 Å². The second-order valence-corrected chi connectivity index (χ2v) is 6.79. The molecule has 0 N–H and O–H groups in total. The molecule has 0 aliphatic heterocycles. The summed E-state index contributed by atoms with van der Waals surface area (Å²) in [6.07, 6.45) is 10.6. The number of benzene rings is 2. The molecule has 2 atom stereocenters. The Bertz CT molecular complexity index is 702. The minimum absolute atomic E-state index is 0.214. The molecule has 2 aromatic rings. The van der Waals surface area contributed by atoms with Crippen molar-refractivity contribution < 1.29 is 0 Å². The number of rotatable bonds is 3. The zero-order valence-electron chi connectivity index (χ0n) is 13.3. The van der Waals surface area contributed by atoms with E-state index >= 15 is 0 Å². The van der Waals surface area contributed by atoms with Crippen molar-refractivity contribution in [3.8, 4) is 0 Å². The van der Waals surface area contributed by atoms with Crippen LogP contribution in [-0.2, 0) is 0 Å². The Morgan fingerprint density at radius 2 is 1.23 bits per heavy atom. The van der Waals surface area contributed by atoms with Crippen LogP contribution in [-0.4, -0.2) is 0 Å². The first kappa shape index (κ1) is 13.6. The van der Waals surface area contributed by atoms with Gasteiger partial charge in [-0.25, -0.2) is 0 Å². The van der Waals surface area contributed by atoms with Gasteiger partial charge in [0.25, 0.3) is 0 Å². The van der Waals surface area contributed by atoms with E-state index in [1.54, 1.807) is 0 Å². The van der Waals surface area contributed by atoms with E-state index in [-0.39, 0.29) is 5.41 Å². The highest BCUT2D eigenvalue weighted by Crippen LogP contribution is 2.55. The van der Waals surface area contributed by atoms with Crippen molar-refractivity contribution >= 4 is 12.2 Å². The molecular formula is C22H22. The van der Waals surface area contributed by atoms with Gasteiger partial charge in [0, 0.05) is 11.8 Å². The predicted molar refractivity (Wildman–Crippen MR) is 94.8 cm³/mol. The van der Waals surface area contributed by atoms with Gasteiger partial charge in [0.1, 0.15) is 0 Å². The predicted octanol–water partition coefficient (Wildman–Crippen LogP) is 6.02. The van der Waals surface area contributed by atoms with Gasteiger partial charge < -0.3 is 0 Å². The van der Waals surface area contributed by atoms with Crippen molar-refractivity contribution in [3.05, 3.63) is 82.9 Å². The van der Waals surface area contributed by atoms with Crippen molar-refractivity contribution in [2.24, 2.45) is 5.41 Å². The molecule has 2 aliphatic rings. The van der Waals surface area contributed by atoms with Crippen LogP contribution < -0.4 is 0 Å². The van der Waals surface area contributed by atoms with Gasteiger partial charge in [0.2, 0.25) is 0 Å². The molecule has 0 amide bonds. The van der Waals surface area contributed by atoms with Gasteiger partial charge in [-0.05, 0) is 34.1 Å². The lowest BCUT2D eigenvalue weighted by Crippen LogP contribution is -2.29. The molecule has 2 aromatic carbocycles. The third-order valence-corrected chi connectivity index (χ3v) is 5.78. The summed E-state index contributed by atoms with van der Waals surface area (Å²) >= 11 is 0. The molecule has 0 saturated carbocycles. The summed E-state index contributed by atoms with van der Waals surface area (Å²) in [6, 6.07) is 17.7. The zero-order chi connectivity index (χ0) is 15.2. The maximum atomic E-state index is 2.46. The summed E-state index contributed by atoms with van der Waals surface area (Å²) in [6.45, 7) is 4.80. The van der Waals surface area contributed by atoms with E-state index in [1.807, 2.05) is 0 Å². The van der Waals surface area contributed by atoms with E-state index in [4.69, 9.17) is 0 Å². The van der Waals surface area contributed by atoms with E-state index in [9.17, 15) is 0 Å². The highest BCUT2D eigenvalue weighted by atomic mass is 14.5. The van der Waals surface area contributed by atoms with Crippen molar-refractivity contribution in [1.29, 1.82) is 0 Å². The monoisotopic (exact) mass is 286 g/mol. The molecule has 2 aliphatic carbocycles. The lowest BCUT2D eigenvalue weighted by molar-refractivity contribution is 0.245. The van der Waals surface area contributed by atoms with E-state index in [0.29, 0.717) is 11.8 Å². The molecule has 0 spiro atoms. The van der Waals surface area contributed by atoms with Crippen molar-refractivity contribution in [3.63, 3.8) is 0 Å². The summed E-state index contributed by atoms with van der Waals surface area (Å²) in [5.41, 5.74) is 5.98. The van der Waals surface area contributed by atoms with Crippen LogP contribution in [0.5, 0.6) is 0 Å². The third-order valence-electron chi connectivity index (χ3n) is 5.78. The molecule has 4 rings (SSSR count). The minimum Gasteiger partial charge on any atom is -0.0758 e. The largest absolute Gasteiger partial charge is 0.0758 e. The van der Waals surface area contributed by atoms with Gasteiger partial charge >= 0.3 is 0 Å². The Kier molecular flexibility index (Phi) is 3.07. The summed E-state index contributed by atoms with van der Waals surface area (Å²) in [7, 11) is 0. The van der Waals surface area contributed by atoms with Gasteiger partial charge in [0.05, 0.1) is 0 Å². The first-order valence-corrected chi connectivity index (χ1v) is 8.28. The van der Waals surface area contributed by atoms with Crippen LogP contribution in [0.25, 0.3) is 12.2 Å². The van der Waals surface area contributed by atoms with Crippen LogP contribution in [0.4, 0.5) is 0 Å². The maximum Gasteiger partial charge on any atom is 0.00898 e. The fourth-order valence-corrected chi connectivity index (χ4v) is 4.28. The standard InChI is InChI=1S/C22H22/c1-3-22(2,20-14-12-16-8-4-6-10-18(16)20)21-15-13-17-9-5-7-11-19(17)21/h4-15,20-21H,3H2,1-2H3. The van der Waals surface area contributed by atoms with E-state index in [0.717, 1.165) is 0 Å². The fraction of sp³-hybridized carbons (Fsp3) is 0.273. The topological polar surface area (TPSA) is 0 Å². The zero-order valence-corrected chi connectivity index (χ0v) is 13.3. The van der Waals surface area contributed by atoms with Crippen LogP contribution in [0, 0.1) is 5.41 Å². The highest BCUT2D eigenvalue weighted by molar-refractivity contribution is 5.66. The van der Waals surface area contributed by atoms with Crippen molar-refractivity contribution in [2.45, 2.75) is 32.1 Å². The SMILES string of the molecule is CCC(C)(C1C=Cc2ccccc21)C1C=Cc2ccccc21. The molecule has 0 saturated heterocycles.